The van der Waals surface area contributed by atoms with Crippen molar-refractivity contribution in [3.05, 3.63) is 18.0 Å². The van der Waals surface area contributed by atoms with Gasteiger partial charge < -0.3 is 10.4 Å². The van der Waals surface area contributed by atoms with Gasteiger partial charge in [0, 0.05) is 31.4 Å². The van der Waals surface area contributed by atoms with Crippen LogP contribution in [0.25, 0.3) is 0 Å². The molecule has 1 heterocycles. The van der Waals surface area contributed by atoms with Gasteiger partial charge in [-0.25, -0.2) is 0 Å². The van der Waals surface area contributed by atoms with Crippen molar-refractivity contribution < 1.29 is 5.11 Å². The fourth-order valence-corrected chi connectivity index (χ4v) is 2.27. The fraction of sp³-hybridized carbons (Fsp3) is 0.769. The second kappa shape index (κ2) is 4.78. The Bertz CT molecular complexity index is 368. The molecule has 1 aromatic heterocycles. The van der Waals surface area contributed by atoms with Crippen molar-refractivity contribution in [1.29, 1.82) is 0 Å². The van der Waals surface area contributed by atoms with Gasteiger partial charge in [-0.1, -0.05) is 6.92 Å². The quantitative estimate of drug-likeness (QED) is 0.786. The Morgan fingerprint density at radius 2 is 2.35 bits per heavy atom. The van der Waals surface area contributed by atoms with Gasteiger partial charge in [0.15, 0.2) is 0 Å². The summed E-state index contributed by atoms with van der Waals surface area (Å²) >= 11 is 0. The number of hydrogen-bond donors (Lipinski definition) is 2. The molecule has 2 unspecified atom stereocenters. The van der Waals surface area contributed by atoms with Gasteiger partial charge in [-0.15, -0.1) is 0 Å². The summed E-state index contributed by atoms with van der Waals surface area (Å²) in [5.74, 6) is 0.824. The Labute approximate surface area is 103 Å². The summed E-state index contributed by atoms with van der Waals surface area (Å²) in [6, 6.07) is 0.554. The highest BCUT2D eigenvalue weighted by Crippen LogP contribution is 2.34. The van der Waals surface area contributed by atoms with Crippen LogP contribution in [0.15, 0.2) is 12.4 Å². The summed E-state index contributed by atoms with van der Waals surface area (Å²) in [5.41, 5.74) is 0.0366. The molecule has 0 aromatic carbocycles. The molecular weight excluding hydrogens is 214 g/mol. The molecule has 0 spiro atoms. The zero-order valence-electron chi connectivity index (χ0n) is 11.0. The topological polar surface area (TPSA) is 50.1 Å². The molecule has 4 nitrogen and oxygen atoms in total. The van der Waals surface area contributed by atoms with Gasteiger partial charge >= 0.3 is 0 Å². The molecule has 4 heteroatoms. The van der Waals surface area contributed by atoms with Crippen LogP contribution in [-0.4, -0.2) is 27.5 Å². The Morgan fingerprint density at radius 1 is 1.65 bits per heavy atom. The van der Waals surface area contributed by atoms with Crippen molar-refractivity contribution >= 4 is 0 Å². The van der Waals surface area contributed by atoms with E-state index in [4.69, 9.17) is 0 Å². The van der Waals surface area contributed by atoms with Crippen molar-refractivity contribution in [2.45, 2.75) is 44.8 Å². The van der Waals surface area contributed by atoms with Gasteiger partial charge in [0.25, 0.3) is 0 Å². The van der Waals surface area contributed by atoms with E-state index in [1.165, 1.54) is 12.8 Å². The predicted octanol–water partition coefficient (Wildman–Crippen LogP) is 1.41. The van der Waals surface area contributed by atoms with Crippen molar-refractivity contribution in [1.82, 2.24) is 15.1 Å². The summed E-state index contributed by atoms with van der Waals surface area (Å²) in [5, 5.41) is 18.0. The highest BCUT2D eigenvalue weighted by molar-refractivity contribution is 5.14. The van der Waals surface area contributed by atoms with Crippen LogP contribution in [0.4, 0.5) is 0 Å². The van der Waals surface area contributed by atoms with E-state index in [9.17, 15) is 5.11 Å². The van der Waals surface area contributed by atoms with Crippen LogP contribution in [0.5, 0.6) is 0 Å². The molecule has 1 aliphatic rings. The molecule has 1 saturated carbocycles. The Morgan fingerprint density at radius 3 is 2.82 bits per heavy atom. The van der Waals surface area contributed by atoms with Gasteiger partial charge in [0.05, 0.1) is 6.20 Å². The average Bonchev–Trinajstić information content (AvgIpc) is 3.01. The summed E-state index contributed by atoms with van der Waals surface area (Å²) in [6.07, 6.45) is 7.41. The van der Waals surface area contributed by atoms with Crippen molar-refractivity contribution in [2.75, 3.05) is 6.54 Å². The standard InChI is InChI=1S/C13H23N3O/c1-4-12(10-5-6-10)14-9-13(2,17)11-7-15-16(3)8-11/h7-8,10,12,14,17H,4-6,9H2,1-3H3. The number of nitrogens with zero attached hydrogens (tertiary/aromatic N) is 2. The van der Waals surface area contributed by atoms with Crippen molar-refractivity contribution in [2.24, 2.45) is 13.0 Å². The van der Waals surface area contributed by atoms with E-state index in [1.54, 1.807) is 10.9 Å². The lowest BCUT2D eigenvalue weighted by atomic mass is 9.98. The van der Waals surface area contributed by atoms with E-state index in [1.807, 2.05) is 20.2 Å². The largest absolute Gasteiger partial charge is 0.384 e. The minimum atomic E-state index is -0.837. The van der Waals surface area contributed by atoms with Crippen molar-refractivity contribution in [3.63, 3.8) is 0 Å². The number of rotatable bonds is 6. The molecule has 2 N–H and O–H groups in total. The third-order valence-electron chi connectivity index (χ3n) is 3.67. The first kappa shape index (κ1) is 12.6. The number of aliphatic hydroxyl groups is 1. The minimum Gasteiger partial charge on any atom is -0.384 e. The van der Waals surface area contributed by atoms with Gasteiger partial charge in [-0.3, -0.25) is 4.68 Å². The third-order valence-corrected chi connectivity index (χ3v) is 3.67. The van der Waals surface area contributed by atoms with E-state index in [2.05, 4.69) is 17.3 Å². The highest BCUT2D eigenvalue weighted by atomic mass is 16.3. The molecule has 0 radical (unpaired) electrons. The van der Waals surface area contributed by atoms with Crippen LogP contribution < -0.4 is 5.32 Å². The number of aryl methyl sites for hydroxylation is 1. The first-order valence-electron chi connectivity index (χ1n) is 6.48. The summed E-state index contributed by atoms with van der Waals surface area (Å²) in [7, 11) is 1.87. The zero-order chi connectivity index (χ0) is 12.5. The van der Waals surface area contributed by atoms with Crippen molar-refractivity contribution in [3.8, 4) is 0 Å². The number of hydrogen-bond acceptors (Lipinski definition) is 3. The molecule has 2 rings (SSSR count). The van der Waals surface area contributed by atoms with Crippen LogP contribution in [0, 0.1) is 5.92 Å². The van der Waals surface area contributed by atoms with E-state index in [-0.39, 0.29) is 0 Å². The fourth-order valence-electron chi connectivity index (χ4n) is 2.27. The summed E-state index contributed by atoms with van der Waals surface area (Å²) < 4.78 is 1.72. The van der Waals surface area contributed by atoms with Crippen LogP contribution in [0.2, 0.25) is 0 Å². The molecule has 0 aliphatic heterocycles. The number of nitrogens with one attached hydrogen (secondary N) is 1. The van der Waals surface area contributed by atoms with Gasteiger partial charge in [-0.05, 0) is 32.1 Å². The van der Waals surface area contributed by atoms with Gasteiger partial charge in [0.1, 0.15) is 5.60 Å². The highest BCUT2D eigenvalue weighted by Gasteiger charge is 2.32. The molecule has 0 saturated heterocycles. The smallest absolute Gasteiger partial charge is 0.102 e. The maximum absolute atomic E-state index is 10.4. The second-order valence-electron chi connectivity index (χ2n) is 5.41. The third kappa shape index (κ3) is 3.07. The molecule has 17 heavy (non-hydrogen) atoms. The predicted molar refractivity (Wildman–Crippen MR) is 67.6 cm³/mol. The molecule has 2 atom stereocenters. The minimum absolute atomic E-state index is 0.554. The molecule has 1 aromatic rings. The van der Waals surface area contributed by atoms with Crippen LogP contribution in [-0.2, 0) is 12.6 Å². The van der Waals surface area contributed by atoms with E-state index in [0.717, 1.165) is 17.9 Å². The Hall–Kier alpha value is -0.870. The second-order valence-corrected chi connectivity index (χ2v) is 5.41. The maximum atomic E-state index is 10.4. The average molecular weight is 237 g/mol. The van der Waals surface area contributed by atoms with Crippen LogP contribution in [0.1, 0.15) is 38.7 Å². The summed E-state index contributed by atoms with van der Waals surface area (Å²) in [4.78, 5) is 0. The number of aromatic nitrogens is 2. The van der Waals surface area contributed by atoms with E-state index in [0.29, 0.717) is 12.6 Å². The molecule has 1 aliphatic carbocycles. The monoisotopic (exact) mass is 237 g/mol. The first-order chi connectivity index (χ1) is 8.03. The van der Waals surface area contributed by atoms with E-state index < -0.39 is 5.60 Å². The summed E-state index contributed by atoms with van der Waals surface area (Å²) in [6.45, 7) is 4.64. The van der Waals surface area contributed by atoms with E-state index >= 15 is 0 Å². The van der Waals surface area contributed by atoms with Gasteiger partial charge in [0.2, 0.25) is 0 Å². The molecular formula is C13H23N3O. The zero-order valence-corrected chi connectivity index (χ0v) is 11.0. The SMILES string of the molecule is CCC(NCC(C)(O)c1cnn(C)c1)C1CC1. The Balaban J connectivity index is 1.92. The lowest BCUT2D eigenvalue weighted by Crippen LogP contribution is -2.41. The van der Waals surface area contributed by atoms with Crippen LogP contribution >= 0.6 is 0 Å². The van der Waals surface area contributed by atoms with Gasteiger partial charge in [-0.2, -0.15) is 5.10 Å². The molecule has 0 amide bonds. The first-order valence-corrected chi connectivity index (χ1v) is 6.48. The Kier molecular flexibility index (Phi) is 3.54. The van der Waals surface area contributed by atoms with Crippen LogP contribution in [0.3, 0.4) is 0 Å². The molecule has 96 valence electrons. The molecule has 0 bridgehead atoms. The lowest BCUT2D eigenvalue weighted by molar-refractivity contribution is 0.0527. The lowest BCUT2D eigenvalue weighted by Gasteiger charge is -2.26. The molecule has 1 fully saturated rings. The maximum Gasteiger partial charge on any atom is 0.102 e. The normalized spacial score (nSPS) is 21.2.